The number of hydrogen-bond donors (Lipinski definition) is 1. The molecule has 0 heterocycles. The minimum atomic E-state index is 0. The highest BCUT2D eigenvalue weighted by Gasteiger charge is 2.00. The molecule has 1 nitrogen and oxygen atoms in total. The lowest BCUT2D eigenvalue weighted by Gasteiger charge is -2.08. The molecule has 0 saturated carbocycles. The van der Waals surface area contributed by atoms with E-state index in [1.807, 2.05) is 20.9 Å². The van der Waals surface area contributed by atoms with E-state index in [0.717, 1.165) is 12.1 Å². The molecule has 0 fully saturated rings. The zero-order valence-corrected chi connectivity index (χ0v) is 12.5. The van der Waals surface area contributed by atoms with Gasteiger partial charge in [0.25, 0.3) is 0 Å². The zero-order chi connectivity index (χ0) is 14.1. The van der Waals surface area contributed by atoms with Crippen molar-refractivity contribution in [3.05, 3.63) is 59.7 Å². The highest BCUT2D eigenvalue weighted by atomic mass is 14.8. The molecule has 0 bridgehead atoms. The quantitative estimate of drug-likeness (QED) is 0.750. The summed E-state index contributed by atoms with van der Waals surface area (Å²) >= 11 is 0. The third-order valence-corrected chi connectivity index (χ3v) is 3.01. The summed E-state index contributed by atoms with van der Waals surface area (Å²) in [5.74, 6) is 0.682. The number of rotatable bonds is 3. The second-order valence-electron chi connectivity index (χ2n) is 4.48. The Morgan fingerprint density at radius 2 is 1.84 bits per heavy atom. The Labute approximate surface area is 119 Å². The lowest BCUT2D eigenvalue weighted by atomic mass is 9.98. The topological polar surface area (TPSA) is 12.0 Å². The van der Waals surface area contributed by atoms with Crippen LogP contribution in [-0.4, -0.2) is 7.05 Å². The normalized spacial score (nSPS) is 17.7. The van der Waals surface area contributed by atoms with Crippen molar-refractivity contribution in [1.29, 1.82) is 0 Å². The number of allylic oxidation sites excluding steroid dienone is 5. The van der Waals surface area contributed by atoms with Crippen molar-refractivity contribution < 1.29 is 1.43 Å². The van der Waals surface area contributed by atoms with E-state index in [0.29, 0.717) is 5.92 Å². The first-order valence-corrected chi connectivity index (χ1v) is 7.12. The third kappa shape index (κ3) is 5.17. The molecular weight excluding hydrogens is 230 g/mol. The van der Waals surface area contributed by atoms with Crippen molar-refractivity contribution in [1.82, 2.24) is 0 Å². The van der Waals surface area contributed by atoms with Gasteiger partial charge in [-0.3, -0.25) is 0 Å². The summed E-state index contributed by atoms with van der Waals surface area (Å²) in [5, 5.41) is 3.12. The van der Waals surface area contributed by atoms with E-state index in [9.17, 15) is 0 Å². The minimum absolute atomic E-state index is 0. The van der Waals surface area contributed by atoms with Gasteiger partial charge in [0.1, 0.15) is 0 Å². The monoisotopic (exact) mass is 257 g/mol. The maximum absolute atomic E-state index is 3.12. The molecule has 1 aliphatic carbocycles. The summed E-state index contributed by atoms with van der Waals surface area (Å²) in [6, 6.07) is 8.43. The molecule has 104 valence electrons. The van der Waals surface area contributed by atoms with Crippen LogP contribution in [-0.2, 0) is 0 Å². The molecular formula is C18H27N. The van der Waals surface area contributed by atoms with Crippen LogP contribution in [0.5, 0.6) is 0 Å². The standard InChI is InChI=1S/C16H19N.C2H6.H2/c1-13-3-5-14(6-4-13)7-8-15-9-11-16(17-2)12-10-15;1-2;/h3,5-13,17H,4H2,1-2H3;1-2H3;1H/b8-7+;;. The van der Waals surface area contributed by atoms with Gasteiger partial charge in [-0.15, -0.1) is 0 Å². The van der Waals surface area contributed by atoms with Crippen molar-refractivity contribution in [3.63, 3.8) is 0 Å². The van der Waals surface area contributed by atoms with Crippen LogP contribution in [0.1, 0.15) is 34.2 Å². The highest BCUT2D eigenvalue weighted by molar-refractivity contribution is 5.58. The summed E-state index contributed by atoms with van der Waals surface area (Å²) in [7, 11) is 1.93. The van der Waals surface area contributed by atoms with E-state index in [4.69, 9.17) is 0 Å². The Hall–Kier alpha value is -1.76. The predicted molar refractivity (Wildman–Crippen MR) is 89.5 cm³/mol. The van der Waals surface area contributed by atoms with Gasteiger partial charge in [-0.1, -0.05) is 63.3 Å². The third-order valence-electron chi connectivity index (χ3n) is 3.01. The number of nitrogens with one attached hydrogen (secondary N) is 1. The highest BCUT2D eigenvalue weighted by Crippen LogP contribution is 2.17. The fourth-order valence-corrected chi connectivity index (χ4v) is 1.82. The van der Waals surface area contributed by atoms with E-state index < -0.39 is 0 Å². The van der Waals surface area contributed by atoms with Gasteiger partial charge in [0.15, 0.2) is 0 Å². The first-order valence-electron chi connectivity index (χ1n) is 7.12. The molecule has 1 N–H and O–H groups in total. The van der Waals surface area contributed by atoms with Crippen LogP contribution < -0.4 is 5.32 Å². The van der Waals surface area contributed by atoms with Crippen molar-refractivity contribution in [2.75, 3.05) is 12.4 Å². The molecule has 0 aromatic heterocycles. The second-order valence-corrected chi connectivity index (χ2v) is 4.48. The largest absolute Gasteiger partial charge is 0.388 e. The van der Waals surface area contributed by atoms with Crippen LogP contribution in [0.2, 0.25) is 0 Å². The van der Waals surface area contributed by atoms with Crippen LogP contribution in [0.3, 0.4) is 0 Å². The molecule has 19 heavy (non-hydrogen) atoms. The van der Waals surface area contributed by atoms with E-state index in [2.05, 4.69) is 66.9 Å². The molecule has 0 amide bonds. The van der Waals surface area contributed by atoms with Crippen molar-refractivity contribution in [2.24, 2.45) is 5.92 Å². The smallest absolute Gasteiger partial charge is 0.0337 e. The fraction of sp³-hybridized carbons (Fsp3) is 0.333. The van der Waals surface area contributed by atoms with Crippen LogP contribution in [0.4, 0.5) is 5.69 Å². The molecule has 0 saturated heterocycles. The van der Waals surface area contributed by atoms with Crippen LogP contribution in [0.15, 0.2) is 54.1 Å². The van der Waals surface area contributed by atoms with Gasteiger partial charge in [-0.25, -0.2) is 0 Å². The number of benzene rings is 1. The molecule has 1 aromatic rings. The Morgan fingerprint density at radius 3 is 2.37 bits per heavy atom. The molecule has 1 aliphatic rings. The summed E-state index contributed by atoms with van der Waals surface area (Å²) in [4.78, 5) is 0. The Morgan fingerprint density at radius 1 is 1.16 bits per heavy atom. The van der Waals surface area contributed by atoms with Gasteiger partial charge in [0.05, 0.1) is 0 Å². The second kappa shape index (κ2) is 8.36. The predicted octanol–water partition coefficient (Wildman–Crippen LogP) is 5.54. The Kier molecular flexibility index (Phi) is 6.73. The number of anilines is 1. The lowest BCUT2D eigenvalue weighted by Crippen LogP contribution is -1.92. The zero-order valence-electron chi connectivity index (χ0n) is 12.5. The van der Waals surface area contributed by atoms with Gasteiger partial charge in [0.2, 0.25) is 0 Å². The van der Waals surface area contributed by atoms with E-state index >= 15 is 0 Å². The fourth-order valence-electron chi connectivity index (χ4n) is 1.82. The summed E-state index contributed by atoms with van der Waals surface area (Å²) < 4.78 is 0. The summed E-state index contributed by atoms with van der Waals surface area (Å²) in [6.07, 6.45) is 12.2. The average Bonchev–Trinajstić information content (AvgIpc) is 2.49. The van der Waals surface area contributed by atoms with Crippen molar-refractivity contribution in [2.45, 2.75) is 27.2 Å². The average molecular weight is 257 g/mol. The Bertz CT molecular complexity index is 455. The molecule has 0 spiro atoms. The van der Waals surface area contributed by atoms with Gasteiger partial charge >= 0.3 is 0 Å². The molecule has 0 aliphatic heterocycles. The lowest BCUT2D eigenvalue weighted by molar-refractivity contribution is 0.733. The van der Waals surface area contributed by atoms with Crippen molar-refractivity contribution >= 4 is 11.8 Å². The minimum Gasteiger partial charge on any atom is -0.388 e. The summed E-state index contributed by atoms with van der Waals surface area (Å²) in [6.45, 7) is 6.24. The van der Waals surface area contributed by atoms with E-state index in [1.165, 1.54) is 11.1 Å². The SMILES string of the molecule is CC.CNc1ccc(/C=C/C2=CCC(C)C=C2)cc1.[HH]. The maximum Gasteiger partial charge on any atom is 0.0337 e. The molecule has 1 aromatic carbocycles. The molecule has 0 radical (unpaired) electrons. The first kappa shape index (κ1) is 15.3. The molecule has 1 atom stereocenters. The van der Waals surface area contributed by atoms with E-state index in [-0.39, 0.29) is 1.43 Å². The van der Waals surface area contributed by atoms with Crippen LogP contribution in [0.25, 0.3) is 6.08 Å². The maximum atomic E-state index is 3.12. The van der Waals surface area contributed by atoms with Crippen LogP contribution in [0, 0.1) is 5.92 Å². The van der Waals surface area contributed by atoms with Gasteiger partial charge in [0, 0.05) is 14.2 Å². The Balaban J connectivity index is 0.00000115. The van der Waals surface area contributed by atoms with Crippen molar-refractivity contribution in [3.8, 4) is 0 Å². The van der Waals surface area contributed by atoms with Gasteiger partial charge in [-0.05, 0) is 35.6 Å². The van der Waals surface area contributed by atoms with Gasteiger partial charge < -0.3 is 5.32 Å². The van der Waals surface area contributed by atoms with Gasteiger partial charge in [-0.2, -0.15) is 0 Å². The molecule has 2 rings (SSSR count). The van der Waals surface area contributed by atoms with E-state index in [1.54, 1.807) is 0 Å². The summed E-state index contributed by atoms with van der Waals surface area (Å²) in [5.41, 5.74) is 3.69. The van der Waals surface area contributed by atoms with Crippen LogP contribution >= 0.6 is 0 Å². The molecule has 1 heteroatoms. The molecule has 1 unspecified atom stereocenters. The first-order chi connectivity index (χ1) is 9.28. The number of hydrogen-bond acceptors (Lipinski definition) is 1.